The van der Waals surface area contributed by atoms with Gasteiger partial charge in [-0.2, -0.15) is 0 Å². The second kappa shape index (κ2) is 5.87. The molecule has 0 bridgehead atoms. The molecule has 7 nitrogen and oxygen atoms in total. The van der Waals surface area contributed by atoms with Gasteiger partial charge in [-0.25, -0.2) is 8.42 Å². The number of nitro benzene ring substituents is 1. The first kappa shape index (κ1) is 15.2. The SMILES string of the molecule is CC(C)CCS(=O)(=O)Nc1ccc([N+](=O)[O-])cc1O. The summed E-state index contributed by atoms with van der Waals surface area (Å²) in [6.07, 6.45) is 0.489. The maximum atomic E-state index is 11.7. The highest BCUT2D eigenvalue weighted by Crippen LogP contribution is 2.28. The fourth-order valence-corrected chi connectivity index (χ4v) is 2.72. The van der Waals surface area contributed by atoms with E-state index in [0.717, 1.165) is 12.1 Å². The first-order chi connectivity index (χ1) is 8.71. The highest BCUT2D eigenvalue weighted by atomic mass is 32.2. The van der Waals surface area contributed by atoms with Gasteiger partial charge in [-0.05, 0) is 18.4 Å². The molecule has 0 saturated carbocycles. The summed E-state index contributed by atoms with van der Waals surface area (Å²) in [5.41, 5.74) is -0.364. The van der Waals surface area contributed by atoms with Gasteiger partial charge in [0.2, 0.25) is 10.0 Å². The number of phenolic OH excluding ortho intramolecular Hbond substituents is 1. The molecule has 0 aliphatic rings. The summed E-state index contributed by atoms with van der Waals surface area (Å²) in [7, 11) is -3.57. The second-order valence-electron chi connectivity index (χ2n) is 4.56. The molecule has 0 saturated heterocycles. The molecule has 0 spiro atoms. The maximum absolute atomic E-state index is 11.7. The van der Waals surface area contributed by atoms with Crippen molar-refractivity contribution in [2.24, 2.45) is 5.92 Å². The molecule has 0 aliphatic carbocycles. The summed E-state index contributed by atoms with van der Waals surface area (Å²) in [6, 6.07) is 3.20. The van der Waals surface area contributed by atoms with Gasteiger partial charge >= 0.3 is 0 Å². The van der Waals surface area contributed by atoms with Crippen LogP contribution in [0.4, 0.5) is 11.4 Å². The minimum Gasteiger partial charge on any atom is -0.505 e. The van der Waals surface area contributed by atoms with Crippen molar-refractivity contribution >= 4 is 21.4 Å². The van der Waals surface area contributed by atoms with Crippen LogP contribution in [-0.2, 0) is 10.0 Å². The molecule has 1 aromatic rings. The average molecular weight is 288 g/mol. The van der Waals surface area contributed by atoms with Crippen LogP contribution in [0.1, 0.15) is 20.3 Å². The Morgan fingerprint density at radius 2 is 2.05 bits per heavy atom. The normalized spacial score (nSPS) is 11.5. The minimum atomic E-state index is -3.57. The van der Waals surface area contributed by atoms with E-state index in [1.807, 2.05) is 13.8 Å². The monoisotopic (exact) mass is 288 g/mol. The van der Waals surface area contributed by atoms with Crippen molar-refractivity contribution < 1.29 is 18.4 Å². The third kappa shape index (κ3) is 4.74. The molecule has 0 aromatic heterocycles. The number of rotatable bonds is 6. The molecule has 0 amide bonds. The van der Waals surface area contributed by atoms with Crippen molar-refractivity contribution in [3.05, 3.63) is 28.3 Å². The molecule has 1 rings (SSSR count). The number of hydrogen-bond donors (Lipinski definition) is 2. The highest BCUT2D eigenvalue weighted by Gasteiger charge is 2.16. The lowest BCUT2D eigenvalue weighted by Crippen LogP contribution is -2.18. The number of nitrogens with one attached hydrogen (secondary N) is 1. The Balaban J connectivity index is 2.85. The number of nitrogens with zero attached hydrogens (tertiary/aromatic N) is 1. The summed E-state index contributed by atoms with van der Waals surface area (Å²) < 4.78 is 25.6. The van der Waals surface area contributed by atoms with Crippen LogP contribution in [0.15, 0.2) is 18.2 Å². The summed E-state index contributed by atoms with van der Waals surface area (Å²) in [5, 5.41) is 20.0. The van der Waals surface area contributed by atoms with Crippen LogP contribution >= 0.6 is 0 Å². The van der Waals surface area contributed by atoms with Crippen LogP contribution in [-0.4, -0.2) is 24.2 Å². The lowest BCUT2D eigenvalue weighted by atomic mass is 10.2. The molecule has 2 N–H and O–H groups in total. The predicted octanol–water partition coefficient (Wildman–Crippen LogP) is 2.09. The Bertz CT molecular complexity index is 568. The molecule has 0 radical (unpaired) electrons. The van der Waals surface area contributed by atoms with E-state index in [1.165, 1.54) is 6.07 Å². The zero-order chi connectivity index (χ0) is 14.6. The molecule has 106 valence electrons. The van der Waals surface area contributed by atoms with Gasteiger partial charge in [-0.1, -0.05) is 13.8 Å². The molecular formula is C11H16N2O5S. The van der Waals surface area contributed by atoms with Gasteiger partial charge in [0.15, 0.2) is 0 Å². The summed E-state index contributed by atoms with van der Waals surface area (Å²) >= 11 is 0. The van der Waals surface area contributed by atoms with E-state index < -0.39 is 20.7 Å². The summed E-state index contributed by atoms with van der Waals surface area (Å²) in [4.78, 5) is 9.81. The van der Waals surface area contributed by atoms with Gasteiger partial charge in [0.25, 0.3) is 5.69 Å². The van der Waals surface area contributed by atoms with E-state index in [9.17, 15) is 23.6 Å². The molecule has 19 heavy (non-hydrogen) atoms. The molecule has 0 unspecified atom stereocenters. The quantitative estimate of drug-likeness (QED) is 0.473. The van der Waals surface area contributed by atoms with E-state index in [2.05, 4.69) is 4.72 Å². The molecule has 1 aromatic carbocycles. The Kier molecular flexibility index (Phi) is 4.71. The van der Waals surface area contributed by atoms with Crippen molar-refractivity contribution in [1.82, 2.24) is 0 Å². The number of phenols is 1. The average Bonchev–Trinajstić information content (AvgIpc) is 2.29. The number of anilines is 1. The van der Waals surface area contributed by atoms with E-state index in [1.54, 1.807) is 0 Å². The van der Waals surface area contributed by atoms with E-state index in [0.29, 0.717) is 6.42 Å². The minimum absolute atomic E-state index is 0.0608. The lowest BCUT2D eigenvalue weighted by Gasteiger charge is -2.10. The Hall–Kier alpha value is -1.83. The molecular weight excluding hydrogens is 272 g/mol. The summed E-state index contributed by atoms with van der Waals surface area (Å²) in [5.74, 6) is -0.300. The second-order valence-corrected chi connectivity index (χ2v) is 6.40. The Labute approximate surface area is 111 Å². The van der Waals surface area contributed by atoms with Gasteiger partial charge in [-0.15, -0.1) is 0 Å². The van der Waals surface area contributed by atoms with Gasteiger partial charge in [-0.3, -0.25) is 14.8 Å². The first-order valence-electron chi connectivity index (χ1n) is 5.69. The number of sulfonamides is 1. The number of non-ortho nitro benzene ring substituents is 1. The van der Waals surface area contributed by atoms with Crippen molar-refractivity contribution in [3.8, 4) is 5.75 Å². The van der Waals surface area contributed by atoms with E-state index in [-0.39, 0.29) is 23.0 Å². The fourth-order valence-electron chi connectivity index (χ4n) is 1.33. The molecule has 0 fully saturated rings. The van der Waals surface area contributed by atoms with Crippen molar-refractivity contribution in [2.45, 2.75) is 20.3 Å². The highest BCUT2D eigenvalue weighted by molar-refractivity contribution is 7.92. The largest absolute Gasteiger partial charge is 0.505 e. The number of hydrogen-bond acceptors (Lipinski definition) is 5. The summed E-state index contributed by atoms with van der Waals surface area (Å²) in [6.45, 7) is 3.80. The maximum Gasteiger partial charge on any atom is 0.273 e. The zero-order valence-electron chi connectivity index (χ0n) is 10.7. The lowest BCUT2D eigenvalue weighted by molar-refractivity contribution is -0.384. The third-order valence-corrected chi connectivity index (χ3v) is 3.73. The number of aromatic hydroxyl groups is 1. The Morgan fingerprint density at radius 3 is 2.53 bits per heavy atom. The van der Waals surface area contributed by atoms with Crippen molar-refractivity contribution in [2.75, 3.05) is 10.5 Å². The molecule has 0 atom stereocenters. The molecule has 8 heteroatoms. The molecule has 0 heterocycles. The van der Waals surface area contributed by atoms with Crippen molar-refractivity contribution in [1.29, 1.82) is 0 Å². The third-order valence-electron chi connectivity index (χ3n) is 2.42. The number of nitro groups is 1. The zero-order valence-corrected chi connectivity index (χ0v) is 11.5. The standard InChI is InChI=1S/C11H16N2O5S/c1-8(2)5-6-19(17,18)12-10-4-3-9(13(15)16)7-11(10)14/h3-4,7-8,12,14H,5-6H2,1-2H3. The fraction of sp³-hybridized carbons (Fsp3) is 0.455. The van der Waals surface area contributed by atoms with Crippen LogP contribution in [0.3, 0.4) is 0 Å². The topological polar surface area (TPSA) is 110 Å². The van der Waals surface area contributed by atoms with E-state index in [4.69, 9.17) is 0 Å². The van der Waals surface area contributed by atoms with Crippen LogP contribution in [0.25, 0.3) is 0 Å². The smallest absolute Gasteiger partial charge is 0.273 e. The predicted molar refractivity (Wildman–Crippen MR) is 71.6 cm³/mol. The van der Waals surface area contributed by atoms with Crippen LogP contribution < -0.4 is 4.72 Å². The number of benzene rings is 1. The molecule has 0 aliphatic heterocycles. The van der Waals surface area contributed by atoms with Crippen LogP contribution in [0.5, 0.6) is 5.75 Å². The van der Waals surface area contributed by atoms with Gasteiger partial charge in [0, 0.05) is 6.07 Å². The first-order valence-corrected chi connectivity index (χ1v) is 7.34. The van der Waals surface area contributed by atoms with E-state index >= 15 is 0 Å². The Morgan fingerprint density at radius 1 is 1.42 bits per heavy atom. The van der Waals surface area contributed by atoms with Gasteiger partial charge in [0.1, 0.15) is 5.75 Å². The van der Waals surface area contributed by atoms with Crippen LogP contribution in [0, 0.1) is 16.0 Å². The van der Waals surface area contributed by atoms with Crippen molar-refractivity contribution in [3.63, 3.8) is 0 Å². The van der Waals surface area contributed by atoms with Crippen LogP contribution in [0.2, 0.25) is 0 Å². The van der Waals surface area contributed by atoms with Gasteiger partial charge in [0.05, 0.1) is 22.4 Å². The van der Waals surface area contributed by atoms with Gasteiger partial charge < -0.3 is 5.11 Å².